The number of hydrogen-bond donors (Lipinski definition) is 2. The fourth-order valence-electron chi connectivity index (χ4n) is 1.91. The second kappa shape index (κ2) is 7.21. The van der Waals surface area contributed by atoms with Crippen molar-refractivity contribution >= 4 is 21.6 Å². The van der Waals surface area contributed by atoms with Crippen LogP contribution in [0.2, 0.25) is 0 Å². The third-order valence-electron chi connectivity index (χ3n) is 3.18. The third kappa shape index (κ3) is 4.16. The Morgan fingerprint density at radius 2 is 1.96 bits per heavy atom. The van der Waals surface area contributed by atoms with Crippen LogP contribution in [-0.2, 0) is 14.8 Å². The molecule has 24 heavy (non-hydrogen) atoms. The lowest BCUT2D eigenvalue weighted by Crippen LogP contribution is -2.33. The van der Waals surface area contributed by atoms with E-state index in [9.17, 15) is 17.6 Å². The van der Waals surface area contributed by atoms with Crippen molar-refractivity contribution in [3.63, 3.8) is 0 Å². The van der Waals surface area contributed by atoms with E-state index in [1.165, 1.54) is 25.1 Å². The van der Waals surface area contributed by atoms with Crippen LogP contribution >= 0.6 is 0 Å². The molecule has 2 aromatic rings. The molecule has 124 valence electrons. The summed E-state index contributed by atoms with van der Waals surface area (Å²) in [6, 6.07) is 11.6. The molecule has 0 radical (unpaired) electrons. The highest BCUT2D eigenvalue weighted by Gasteiger charge is 2.17. The van der Waals surface area contributed by atoms with E-state index in [2.05, 4.69) is 10.0 Å². The number of aryl methyl sites for hydroxylation is 1. The number of anilines is 1. The number of benzene rings is 2. The molecular weight excluding hydrogens is 333 g/mol. The normalized spacial score (nSPS) is 10.9. The Hall–Kier alpha value is -2.76. The van der Waals surface area contributed by atoms with Gasteiger partial charge in [-0.1, -0.05) is 12.1 Å². The Labute approximate surface area is 139 Å². The van der Waals surface area contributed by atoms with Crippen molar-refractivity contribution in [2.24, 2.45) is 0 Å². The van der Waals surface area contributed by atoms with Crippen LogP contribution in [0.4, 0.5) is 10.1 Å². The highest BCUT2D eigenvalue weighted by atomic mass is 32.2. The lowest BCUT2D eigenvalue weighted by atomic mass is 10.2. The number of para-hydroxylation sites is 1. The van der Waals surface area contributed by atoms with E-state index in [1.807, 2.05) is 6.07 Å². The molecule has 0 bridgehead atoms. The Morgan fingerprint density at radius 1 is 1.25 bits per heavy atom. The summed E-state index contributed by atoms with van der Waals surface area (Å²) in [5.41, 5.74) is 0.745. The van der Waals surface area contributed by atoms with Crippen molar-refractivity contribution in [3.8, 4) is 6.07 Å². The third-order valence-corrected chi connectivity index (χ3v) is 4.58. The van der Waals surface area contributed by atoms with Gasteiger partial charge in [-0.2, -0.15) is 5.26 Å². The lowest BCUT2D eigenvalue weighted by Gasteiger charge is -2.09. The molecule has 0 saturated carbocycles. The Kier molecular flexibility index (Phi) is 5.28. The highest BCUT2D eigenvalue weighted by Crippen LogP contribution is 2.15. The van der Waals surface area contributed by atoms with Gasteiger partial charge in [0, 0.05) is 0 Å². The Balaban J connectivity index is 2.05. The van der Waals surface area contributed by atoms with Crippen LogP contribution in [0.25, 0.3) is 0 Å². The average molecular weight is 347 g/mol. The molecule has 2 aromatic carbocycles. The summed E-state index contributed by atoms with van der Waals surface area (Å²) >= 11 is 0. The summed E-state index contributed by atoms with van der Waals surface area (Å²) in [7, 11) is -3.95. The number of rotatable bonds is 5. The van der Waals surface area contributed by atoms with Gasteiger partial charge in [0.25, 0.3) is 0 Å². The molecule has 0 aliphatic heterocycles. The zero-order valence-corrected chi connectivity index (χ0v) is 13.5. The number of nitriles is 1. The minimum atomic E-state index is -3.95. The van der Waals surface area contributed by atoms with Crippen LogP contribution in [-0.4, -0.2) is 20.9 Å². The van der Waals surface area contributed by atoms with Crippen LogP contribution in [0.5, 0.6) is 0 Å². The van der Waals surface area contributed by atoms with Gasteiger partial charge in [-0.15, -0.1) is 0 Å². The second-order valence-corrected chi connectivity index (χ2v) is 6.71. The number of carbonyl (C=O) groups excluding carboxylic acids is 1. The Morgan fingerprint density at radius 3 is 2.62 bits per heavy atom. The molecule has 0 spiro atoms. The van der Waals surface area contributed by atoms with E-state index in [0.29, 0.717) is 5.69 Å². The highest BCUT2D eigenvalue weighted by molar-refractivity contribution is 7.89. The van der Waals surface area contributed by atoms with Gasteiger partial charge in [-0.3, -0.25) is 4.79 Å². The molecule has 6 nitrogen and oxygen atoms in total. The summed E-state index contributed by atoms with van der Waals surface area (Å²) < 4.78 is 39.6. The molecule has 0 unspecified atom stereocenters. The minimum absolute atomic E-state index is 0.133. The first-order chi connectivity index (χ1) is 11.3. The van der Waals surface area contributed by atoms with Crippen molar-refractivity contribution in [1.29, 1.82) is 5.26 Å². The summed E-state index contributed by atoms with van der Waals surface area (Å²) in [6.07, 6.45) is 0. The van der Waals surface area contributed by atoms with Crippen LogP contribution in [0.3, 0.4) is 0 Å². The van der Waals surface area contributed by atoms with Crippen LogP contribution in [0, 0.1) is 24.1 Å². The van der Waals surface area contributed by atoms with E-state index in [0.717, 1.165) is 12.1 Å². The van der Waals surface area contributed by atoms with Crippen molar-refractivity contribution in [2.45, 2.75) is 11.8 Å². The number of halogens is 1. The standard InChI is InChI=1S/C16H14FN3O3S/c1-11-8-13(6-7-14(11)17)24(22,23)19-10-16(21)20-15-5-3-2-4-12(15)9-18/h2-8,19H,10H2,1H3,(H,20,21). The average Bonchev–Trinajstić information content (AvgIpc) is 2.56. The number of sulfonamides is 1. The molecule has 0 heterocycles. The number of nitrogens with zero attached hydrogens (tertiary/aromatic N) is 1. The van der Waals surface area contributed by atoms with E-state index in [4.69, 9.17) is 5.26 Å². The molecule has 0 fully saturated rings. The van der Waals surface area contributed by atoms with Crippen LogP contribution in [0.1, 0.15) is 11.1 Å². The molecule has 0 aliphatic carbocycles. The molecule has 2 rings (SSSR count). The minimum Gasteiger partial charge on any atom is -0.324 e. The van der Waals surface area contributed by atoms with E-state index in [-0.39, 0.29) is 16.0 Å². The molecule has 0 aromatic heterocycles. The van der Waals surface area contributed by atoms with Crippen LogP contribution in [0.15, 0.2) is 47.4 Å². The molecule has 8 heteroatoms. The smallest absolute Gasteiger partial charge is 0.241 e. The second-order valence-electron chi connectivity index (χ2n) is 4.94. The monoisotopic (exact) mass is 347 g/mol. The topological polar surface area (TPSA) is 99.1 Å². The molecule has 2 N–H and O–H groups in total. The first-order valence-electron chi connectivity index (χ1n) is 6.88. The number of carbonyl (C=O) groups is 1. The largest absolute Gasteiger partial charge is 0.324 e. The van der Waals surface area contributed by atoms with Crippen molar-refractivity contribution < 1.29 is 17.6 Å². The summed E-state index contributed by atoms with van der Waals surface area (Å²) in [6.45, 7) is 0.929. The van der Waals surface area contributed by atoms with E-state index < -0.39 is 28.3 Å². The zero-order valence-electron chi connectivity index (χ0n) is 12.7. The maximum atomic E-state index is 13.2. The number of amides is 1. The Bertz CT molecular complexity index is 920. The van der Waals surface area contributed by atoms with Gasteiger partial charge in [0.1, 0.15) is 11.9 Å². The van der Waals surface area contributed by atoms with E-state index in [1.54, 1.807) is 12.1 Å². The molecule has 0 saturated heterocycles. The fourth-order valence-corrected chi connectivity index (χ4v) is 2.98. The summed E-state index contributed by atoms with van der Waals surface area (Å²) in [5, 5.41) is 11.4. The molecule has 0 aliphatic rings. The van der Waals surface area contributed by atoms with Gasteiger partial charge in [0.05, 0.1) is 22.7 Å². The van der Waals surface area contributed by atoms with Gasteiger partial charge in [0.2, 0.25) is 15.9 Å². The van der Waals surface area contributed by atoms with E-state index >= 15 is 0 Å². The first kappa shape index (κ1) is 17.6. The zero-order chi connectivity index (χ0) is 17.7. The van der Waals surface area contributed by atoms with Gasteiger partial charge in [-0.05, 0) is 42.8 Å². The van der Waals surface area contributed by atoms with Crippen molar-refractivity contribution in [1.82, 2.24) is 4.72 Å². The predicted molar refractivity (Wildman–Crippen MR) is 86.1 cm³/mol. The molecule has 0 atom stereocenters. The summed E-state index contributed by atoms with van der Waals surface area (Å²) in [5.74, 6) is -1.14. The lowest BCUT2D eigenvalue weighted by molar-refractivity contribution is -0.115. The van der Waals surface area contributed by atoms with Crippen molar-refractivity contribution in [3.05, 3.63) is 59.4 Å². The van der Waals surface area contributed by atoms with Gasteiger partial charge < -0.3 is 5.32 Å². The number of hydrogen-bond acceptors (Lipinski definition) is 4. The molecule has 1 amide bonds. The van der Waals surface area contributed by atoms with Crippen LogP contribution < -0.4 is 10.0 Å². The maximum absolute atomic E-state index is 13.2. The van der Waals surface area contributed by atoms with Gasteiger partial charge in [-0.25, -0.2) is 17.5 Å². The maximum Gasteiger partial charge on any atom is 0.241 e. The van der Waals surface area contributed by atoms with Gasteiger partial charge >= 0.3 is 0 Å². The number of nitrogens with one attached hydrogen (secondary N) is 2. The summed E-state index contributed by atoms with van der Waals surface area (Å²) in [4.78, 5) is 11.7. The predicted octanol–water partition coefficient (Wildman–Crippen LogP) is 1.92. The fraction of sp³-hybridized carbons (Fsp3) is 0.125. The van der Waals surface area contributed by atoms with Crippen molar-refractivity contribution in [2.75, 3.05) is 11.9 Å². The first-order valence-corrected chi connectivity index (χ1v) is 8.36. The SMILES string of the molecule is Cc1cc(S(=O)(=O)NCC(=O)Nc2ccccc2C#N)ccc1F. The quantitative estimate of drug-likeness (QED) is 0.863. The molecular formula is C16H14FN3O3S. The van der Waals surface area contributed by atoms with Gasteiger partial charge in [0.15, 0.2) is 0 Å².